The molecule has 0 aliphatic rings. The average Bonchev–Trinajstić information content (AvgIpc) is 2.62. The van der Waals surface area contributed by atoms with Crippen LogP contribution in [-0.4, -0.2) is 24.6 Å². The summed E-state index contributed by atoms with van der Waals surface area (Å²) >= 11 is 5.95. The molecule has 1 atom stereocenters. The molecule has 9 heteroatoms. The Bertz CT molecular complexity index is 813. The minimum atomic E-state index is -4.59. The van der Waals surface area contributed by atoms with E-state index in [2.05, 4.69) is 10.6 Å². The summed E-state index contributed by atoms with van der Waals surface area (Å²) in [6.07, 6.45) is -6.87. The number of nitrogens with one attached hydrogen (secondary N) is 2. The van der Waals surface area contributed by atoms with Crippen LogP contribution in [0.2, 0.25) is 5.02 Å². The lowest BCUT2D eigenvalue weighted by Crippen LogP contribution is -2.46. The van der Waals surface area contributed by atoms with Gasteiger partial charge in [0.15, 0.2) is 6.17 Å². The van der Waals surface area contributed by atoms with Crippen LogP contribution in [0.4, 0.5) is 23.7 Å². The molecule has 0 saturated heterocycles. The lowest BCUT2D eigenvalue weighted by molar-refractivity contribution is -0.137. The molecule has 0 spiro atoms. The zero-order chi connectivity index (χ0) is 20.0. The van der Waals surface area contributed by atoms with E-state index in [-0.39, 0.29) is 22.9 Å². The molecule has 0 saturated carbocycles. The third kappa shape index (κ3) is 5.62. The molecule has 2 aromatic rings. The predicted octanol–water partition coefficient (Wildman–Crippen LogP) is 4.73. The Hall–Kier alpha value is -2.74. The Morgan fingerprint density at radius 3 is 2.41 bits per heavy atom. The van der Waals surface area contributed by atoms with E-state index in [0.29, 0.717) is 0 Å². The normalized spacial score (nSPS) is 12.2. The maximum Gasteiger partial charge on any atom is 0.416 e. The van der Waals surface area contributed by atoms with Gasteiger partial charge in [-0.05, 0) is 25.1 Å². The number of carbonyl (C=O) groups is 2. The third-order valence-electron chi connectivity index (χ3n) is 3.45. The first-order chi connectivity index (χ1) is 12.7. The van der Waals surface area contributed by atoms with Gasteiger partial charge in [0.1, 0.15) is 0 Å². The second-order valence-electron chi connectivity index (χ2n) is 5.36. The van der Waals surface area contributed by atoms with Gasteiger partial charge in [0.25, 0.3) is 0 Å². The highest BCUT2D eigenvalue weighted by Crippen LogP contribution is 2.34. The van der Waals surface area contributed by atoms with Crippen LogP contribution in [0.15, 0.2) is 48.5 Å². The first kappa shape index (κ1) is 20.6. The van der Waals surface area contributed by atoms with Gasteiger partial charge in [-0.3, -0.25) is 10.1 Å². The van der Waals surface area contributed by atoms with E-state index in [0.717, 1.165) is 18.2 Å². The highest BCUT2D eigenvalue weighted by Gasteiger charge is 2.32. The third-order valence-corrected chi connectivity index (χ3v) is 3.78. The fourth-order valence-electron chi connectivity index (χ4n) is 2.19. The summed E-state index contributed by atoms with van der Waals surface area (Å²) in [7, 11) is 0. The van der Waals surface area contributed by atoms with Gasteiger partial charge >= 0.3 is 12.3 Å². The van der Waals surface area contributed by atoms with Crippen molar-refractivity contribution in [1.82, 2.24) is 5.32 Å². The molecule has 27 heavy (non-hydrogen) atoms. The fraction of sp³-hybridized carbons (Fsp3) is 0.222. The van der Waals surface area contributed by atoms with Gasteiger partial charge in [0.2, 0.25) is 5.78 Å². The second-order valence-corrected chi connectivity index (χ2v) is 5.77. The van der Waals surface area contributed by atoms with Crippen molar-refractivity contribution in [3.05, 3.63) is 64.7 Å². The summed E-state index contributed by atoms with van der Waals surface area (Å²) in [4.78, 5) is 24.4. The van der Waals surface area contributed by atoms with Gasteiger partial charge < -0.3 is 10.1 Å². The van der Waals surface area contributed by atoms with E-state index in [1.807, 2.05) is 0 Å². The maximum absolute atomic E-state index is 12.9. The van der Waals surface area contributed by atoms with Crippen LogP contribution in [0.25, 0.3) is 0 Å². The first-order valence-electron chi connectivity index (χ1n) is 7.88. The molecule has 0 radical (unpaired) electrons. The quantitative estimate of drug-likeness (QED) is 0.543. The number of halogens is 4. The predicted molar refractivity (Wildman–Crippen MR) is 94.8 cm³/mol. The molecule has 0 aliphatic carbocycles. The molecule has 1 unspecified atom stereocenters. The van der Waals surface area contributed by atoms with E-state index in [1.165, 1.54) is 12.1 Å². The fourth-order valence-corrected chi connectivity index (χ4v) is 2.37. The van der Waals surface area contributed by atoms with Crippen LogP contribution < -0.4 is 10.6 Å². The summed E-state index contributed by atoms with van der Waals surface area (Å²) in [6, 6.07) is 10.6. The van der Waals surface area contributed by atoms with Crippen molar-refractivity contribution in [3.8, 4) is 0 Å². The standard InChI is InChI=1S/C18H16ClF3N2O3/c1-2-27-17(26)24-16(15(25)11-6-4-3-5-7-11)23-14-10-12(18(20,21)22)8-9-13(14)19/h3-10,16,23H,2H2,1H3,(H,24,26). The van der Waals surface area contributed by atoms with E-state index in [1.54, 1.807) is 25.1 Å². The number of ether oxygens (including phenoxy) is 1. The highest BCUT2D eigenvalue weighted by molar-refractivity contribution is 6.33. The van der Waals surface area contributed by atoms with Gasteiger partial charge in [-0.2, -0.15) is 13.2 Å². The molecular weight excluding hydrogens is 385 g/mol. The maximum atomic E-state index is 12.9. The molecule has 2 N–H and O–H groups in total. The summed E-state index contributed by atoms with van der Waals surface area (Å²) in [5.74, 6) is -0.572. The minimum Gasteiger partial charge on any atom is -0.450 e. The Kier molecular flexibility index (Phi) is 6.68. The molecule has 0 fully saturated rings. The van der Waals surface area contributed by atoms with E-state index in [4.69, 9.17) is 16.3 Å². The Labute approximate surface area is 158 Å². The van der Waals surface area contributed by atoms with Crippen molar-refractivity contribution in [1.29, 1.82) is 0 Å². The van der Waals surface area contributed by atoms with E-state index < -0.39 is 29.8 Å². The van der Waals surface area contributed by atoms with Gasteiger partial charge in [-0.25, -0.2) is 4.79 Å². The van der Waals surface area contributed by atoms with E-state index >= 15 is 0 Å². The number of anilines is 1. The number of rotatable bonds is 6. The molecule has 1 amide bonds. The summed E-state index contributed by atoms with van der Waals surface area (Å²) in [6.45, 7) is 1.63. The van der Waals surface area contributed by atoms with Gasteiger partial charge in [0, 0.05) is 5.56 Å². The number of alkyl halides is 3. The van der Waals surface area contributed by atoms with Crippen molar-refractivity contribution in [3.63, 3.8) is 0 Å². The second kappa shape index (κ2) is 8.77. The molecule has 5 nitrogen and oxygen atoms in total. The molecule has 0 aromatic heterocycles. The Morgan fingerprint density at radius 1 is 1.15 bits per heavy atom. The lowest BCUT2D eigenvalue weighted by atomic mass is 10.1. The van der Waals surface area contributed by atoms with Crippen molar-refractivity contribution in [2.24, 2.45) is 0 Å². The number of ketones is 1. The molecular formula is C18H16ClF3N2O3. The van der Waals surface area contributed by atoms with Gasteiger partial charge in [-0.1, -0.05) is 41.9 Å². The van der Waals surface area contributed by atoms with Crippen LogP contribution in [0.1, 0.15) is 22.8 Å². The Morgan fingerprint density at radius 2 is 1.81 bits per heavy atom. The monoisotopic (exact) mass is 400 g/mol. The van der Waals surface area contributed by atoms with Gasteiger partial charge in [0.05, 0.1) is 22.9 Å². The number of amides is 1. The van der Waals surface area contributed by atoms with Crippen LogP contribution >= 0.6 is 11.6 Å². The minimum absolute atomic E-state index is 0.0421. The molecule has 0 aliphatic heterocycles. The zero-order valence-corrected chi connectivity index (χ0v) is 14.9. The number of alkyl carbamates (subject to hydrolysis) is 1. The molecule has 0 heterocycles. The topological polar surface area (TPSA) is 67.4 Å². The van der Waals surface area contributed by atoms with Gasteiger partial charge in [-0.15, -0.1) is 0 Å². The Balaban J connectivity index is 2.34. The van der Waals surface area contributed by atoms with E-state index in [9.17, 15) is 22.8 Å². The molecule has 2 rings (SSSR count). The van der Waals surface area contributed by atoms with Crippen molar-refractivity contribution in [2.75, 3.05) is 11.9 Å². The van der Waals surface area contributed by atoms with Crippen LogP contribution in [0.5, 0.6) is 0 Å². The SMILES string of the molecule is CCOC(=O)NC(Nc1cc(C(F)(F)F)ccc1Cl)C(=O)c1ccccc1. The van der Waals surface area contributed by atoms with Crippen LogP contribution in [0, 0.1) is 0 Å². The molecule has 0 bridgehead atoms. The number of carbonyl (C=O) groups excluding carboxylic acids is 2. The largest absolute Gasteiger partial charge is 0.450 e. The number of hydrogen-bond donors (Lipinski definition) is 2. The summed E-state index contributed by atoms with van der Waals surface area (Å²) in [5, 5.41) is 4.80. The summed E-state index contributed by atoms with van der Waals surface area (Å²) in [5.41, 5.74) is -0.857. The highest BCUT2D eigenvalue weighted by atomic mass is 35.5. The first-order valence-corrected chi connectivity index (χ1v) is 8.26. The van der Waals surface area contributed by atoms with Crippen molar-refractivity contribution < 1.29 is 27.5 Å². The smallest absolute Gasteiger partial charge is 0.416 e. The summed E-state index contributed by atoms with van der Waals surface area (Å²) < 4.78 is 43.6. The van der Waals surface area contributed by atoms with Crippen LogP contribution in [-0.2, 0) is 10.9 Å². The number of benzene rings is 2. The average molecular weight is 401 g/mol. The molecule has 144 valence electrons. The van der Waals surface area contributed by atoms with Crippen molar-refractivity contribution >= 4 is 29.2 Å². The number of hydrogen-bond acceptors (Lipinski definition) is 4. The zero-order valence-electron chi connectivity index (χ0n) is 14.1. The number of Topliss-reactive ketones (excluding diaryl/α,β-unsaturated/α-hetero) is 1. The van der Waals surface area contributed by atoms with Crippen LogP contribution in [0.3, 0.4) is 0 Å². The lowest BCUT2D eigenvalue weighted by Gasteiger charge is -2.21. The van der Waals surface area contributed by atoms with Crippen molar-refractivity contribution in [2.45, 2.75) is 19.3 Å². The molecule has 2 aromatic carbocycles.